The Morgan fingerprint density at radius 3 is 1.71 bits per heavy atom. The molecule has 2 atom stereocenters. The molecule has 0 bridgehead atoms. The molecule has 0 unspecified atom stereocenters. The lowest BCUT2D eigenvalue weighted by atomic mass is 10.1. The minimum absolute atomic E-state index is 0.0886. The van der Waals surface area contributed by atoms with Crippen molar-refractivity contribution in [2.24, 2.45) is 0 Å². The van der Waals surface area contributed by atoms with Gasteiger partial charge in [0.1, 0.15) is 6.61 Å². The van der Waals surface area contributed by atoms with Crippen molar-refractivity contribution in [2.75, 3.05) is 61.1 Å². The molecule has 9 heteroatoms. The molecule has 0 aliphatic heterocycles. The maximum absolute atomic E-state index is 12.0. The zero-order chi connectivity index (χ0) is 29.0. The Labute approximate surface area is 233 Å². The first kappa shape index (κ1) is 38.9. The monoisotopic (exact) mass is 548 g/mol. The van der Waals surface area contributed by atoms with Gasteiger partial charge in [-0.2, -0.15) is 0 Å². The molecule has 0 amide bonds. The van der Waals surface area contributed by atoms with E-state index in [0.29, 0.717) is 19.6 Å². The highest BCUT2D eigenvalue weighted by Crippen LogP contribution is 2.11. The smallest absolute Gasteiger partial charge is 0.324 e. The van der Waals surface area contributed by atoms with E-state index in [0.717, 1.165) is 19.3 Å². The van der Waals surface area contributed by atoms with Crippen molar-refractivity contribution in [3.63, 3.8) is 0 Å². The molecule has 38 heavy (non-hydrogen) atoms. The van der Waals surface area contributed by atoms with Gasteiger partial charge in [-0.3, -0.25) is 19.4 Å². The highest BCUT2D eigenvalue weighted by molar-refractivity contribution is 5.71. The number of rotatable bonds is 24. The number of esters is 2. The summed E-state index contributed by atoms with van der Waals surface area (Å²) in [5.41, 5.74) is 0. The normalized spacial score (nSPS) is 12.7. The van der Waals surface area contributed by atoms with Gasteiger partial charge in [0.15, 0.2) is 0 Å². The predicted molar refractivity (Wildman–Crippen MR) is 153 cm³/mol. The summed E-state index contributed by atoms with van der Waals surface area (Å²) >= 11 is 0. The lowest BCUT2D eigenvalue weighted by Crippen LogP contribution is -2.35. The van der Waals surface area contributed by atoms with Crippen molar-refractivity contribution in [1.82, 2.24) is 9.80 Å². The van der Waals surface area contributed by atoms with E-state index in [4.69, 9.17) is 24.1 Å². The molecule has 0 radical (unpaired) electrons. The minimum atomic E-state index is -1.10. The molecule has 0 aromatic carbocycles. The van der Waals surface area contributed by atoms with Gasteiger partial charge >= 0.3 is 18.4 Å². The summed E-state index contributed by atoms with van der Waals surface area (Å²) in [6, 6.07) is 0. The summed E-state index contributed by atoms with van der Waals surface area (Å²) in [7, 11) is 7.16. The molecule has 228 valence electrons. The molecule has 0 rings (SSSR count). The summed E-state index contributed by atoms with van der Waals surface area (Å²) < 4.78 is 22.0. The average Bonchev–Trinajstić information content (AvgIpc) is 2.85. The molecule has 0 heterocycles. The van der Waals surface area contributed by atoms with E-state index in [-0.39, 0.29) is 25.7 Å². The van der Waals surface area contributed by atoms with Gasteiger partial charge in [-0.15, -0.1) is 0 Å². The van der Waals surface area contributed by atoms with E-state index in [1.165, 1.54) is 57.8 Å². The van der Waals surface area contributed by atoms with Crippen LogP contribution in [0.4, 0.5) is 0 Å². The number of aliphatic hydroxyl groups excluding tert-OH is 1. The fourth-order valence-corrected chi connectivity index (χ4v) is 3.36. The van der Waals surface area contributed by atoms with Crippen LogP contribution in [0.5, 0.6) is 0 Å². The number of unbranched alkanes of at least 4 members (excludes halogenated alkanes) is 10. The van der Waals surface area contributed by atoms with Crippen molar-refractivity contribution in [1.29, 1.82) is 0 Å². The number of carbonyl (C=O) groups is 2. The van der Waals surface area contributed by atoms with E-state index >= 15 is 0 Å². The lowest BCUT2D eigenvalue weighted by molar-refractivity contribution is -0.295. The third kappa shape index (κ3) is 29.3. The molecule has 0 aromatic heterocycles. The van der Waals surface area contributed by atoms with Gasteiger partial charge in [0.25, 0.3) is 0 Å². The van der Waals surface area contributed by atoms with E-state index in [2.05, 4.69) is 13.8 Å². The fraction of sp³-hybridized carbons (Fsp3) is 0.931. The van der Waals surface area contributed by atoms with Crippen LogP contribution in [0.2, 0.25) is 0 Å². The molecule has 0 aliphatic carbocycles. The Balaban J connectivity index is 0. The van der Waals surface area contributed by atoms with Gasteiger partial charge in [0, 0.05) is 6.61 Å². The molecule has 0 fully saturated rings. The third-order valence-corrected chi connectivity index (χ3v) is 5.57. The van der Waals surface area contributed by atoms with E-state index in [1.807, 2.05) is 6.92 Å². The number of ether oxygens (including phenoxy) is 4. The highest BCUT2D eigenvalue weighted by atomic mass is 16.9. The van der Waals surface area contributed by atoms with Crippen molar-refractivity contribution < 1.29 is 33.6 Å². The topological polar surface area (TPSA) is 97.8 Å². The summed E-state index contributed by atoms with van der Waals surface area (Å²) in [6.07, 6.45) is 14.5. The van der Waals surface area contributed by atoms with Gasteiger partial charge in [-0.25, -0.2) is 0 Å². The van der Waals surface area contributed by atoms with Crippen molar-refractivity contribution in [2.45, 2.75) is 117 Å². The Bertz CT molecular complexity index is 527. The van der Waals surface area contributed by atoms with Gasteiger partial charge in [0.2, 0.25) is 0 Å². The molecule has 0 aliphatic rings. The van der Waals surface area contributed by atoms with Crippen LogP contribution in [-0.2, 0) is 28.5 Å². The molecule has 9 nitrogen and oxygen atoms in total. The first-order chi connectivity index (χ1) is 18.2. The SMILES string of the molecule is CCCCCCCCO.CCCCCCCCO[C@H](OC(=O)CN(C)C)O[C@@H](CC)COC(=O)CN(C)C. The van der Waals surface area contributed by atoms with Crippen LogP contribution in [0.15, 0.2) is 0 Å². The highest BCUT2D eigenvalue weighted by Gasteiger charge is 2.22. The Hall–Kier alpha value is -1.26. The van der Waals surface area contributed by atoms with Crippen LogP contribution < -0.4 is 0 Å². The molecule has 1 N–H and O–H groups in total. The Morgan fingerprint density at radius 1 is 0.711 bits per heavy atom. The summed E-state index contributed by atoms with van der Waals surface area (Å²) in [5, 5.41) is 8.42. The van der Waals surface area contributed by atoms with Gasteiger partial charge in [-0.05, 0) is 47.5 Å². The van der Waals surface area contributed by atoms with E-state index in [9.17, 15) is 9.59 Å². The van der Waals surface area contributed by atoms with Crippen molar-refractivity contribution in [3.05, 3.63) is 0 Å². The third-order valence-electron chi connectivity index (χ3n) is 5.57. The number of aliphatic hydroxyl groups is 1. The van der Waals surface area contributed by atoms with Crippen LogP contribution >= 0.6 is 0 Å². The molecule has 0 saturated carbocycles. The van der Waals surface area contributed by atoms with E-state index < -0.39 is 18.5 Å². The van der Waals surface area contributed by atoms with Crippen LogP contribution in [0.25, 0.3) is 0 Å². The van der Waals surface area contributed by atoms with Gasteiger partial charge < -0.3 is 24.1 Å². The van der Waals surface area contributed by atoms with Crippen molar-refractivity contribution >= 4 is 11.9 Å². The lowest BCUT2D eigenvalue weighted by Gasteiger charge is -2.24. The van der Waals surface area contributed by atoms with E-state index in [1.54, 1.807) is 38.0 Å². The number of hydrogen-bond donors (Lipinski definition) is 1. The number of hydrogen-bond acceptors (Lipinski definition) is 9. The quantitative estimate of drug-likeness (QED) is 0.102. The van der Waals surface area contributed by atoms with Crippen molar-refractivity contribution in [3.8, 4) is 0 Å². The summed E-state index contributed by atoms with van der Waals surface area (Å²) in [4.78, 5) is 27.2. The zero-order valence-corrected chi connectivity index (χ0v) is 25.7. The van der Waals surface area contributed by atoms with Gasteiger partial charge in [0.05, 0.1) is 25.8 Å². The van der Waals surface area contributed by atoms with Gasteiger partial charge in [-0.1, -0.05) is 85.0 Å². The first-order valence-electron chi connectivity index (χ1n) is 14.7. The Morgan fingerprint density at radius 2 is 1.21 bits per heavy atom. The molecule has 0 saturated heterocycles. The fourth-order valence-electron chi connectivity index (χ4n) is 3.36. The molecular weight excluding hydrogens is 488 g/mol. The number of carbonyl (C=O) groups excluding carboxylic acids is 2. The van der Waals surface area contributed by atoms with Crippen LogP contribution in [0.1, 0.15) is 104 Å². The van der Waals surface area contributed by atoms with Crippen LogP contribution in [0.3, 0.4) is 0 Å². The van der Waals surface area contributed by atoms with Crippen LogP contribution in [0, 0.1) is 0 Å². The second kappa shape index (κ2) is 28.7. The predicted octanol–water partition coefficient (Wildman–Crippen LogP) is 4.99. The van der Waals surface area contributed by atoms with Crippen LogP contribution in [-0.4, -0.2) is 101 Å². The number of likely N-dealkylation sites (N-methyl/N-ethyl adjacent to an activating group) is 2. The maximum Gasteiger partial charge on any atom is 0.324 e. The first-order valence-corrected chi connectivity index (χ1v) is 14.7. The molecule has 0 aromatic rings. The summed E-state index contributed by atoms with van der Waals surface area (Å²) in [6.45, 7) is 6.45. The minimum Gasteiger partial charge on any atom is -0.462 e. The molecule has 0 spiro atoms. The second-order valence-electron chi connectivity index (χ2n) is 10.2. The second-order valence-corrected chi connectivity index (χ2v) is 10.2. The maximum atomic E-state index is 12.0. The molecular formula is C29H60N2O7. The Kier molecular flexibility index (Phi) is 29.4. The largest absolute Gasteiger partial charge is 0.462 e. The summed E-state index contributed by atoms with van der Waals surface area (Å²) in [5.74, 6) is -0.756. The standard InChI is InChI=1S/C21H42N2O6.C8H18O/c1-7-9-10-11-12-13-14-26-21(29-20(25)16-23(5)6)28-18(8-2)17-27-19(24)15-22(3)4;1-2-3-4-5-6-7-8-9/h18,21H,7-17H2,1-6H3;9H,2-8H2,1H3/t18-,21-;/m0./s1. The zero-order valence-electron chi connectivity index (χ0n) is 25.7. The number of nitrogens with zero attached hydrogens (tertiary/aromatic N) is 2. The average molecular weight is 549 g/mol.